The summed E-state index contributed by atoms with van der Waals surface area (Å²) in [6, 6.07) is 11.8. The van der Waals surface area contributed by atoms with Gasteiger partial charge in [0.2, 0.25) is 0 Å². The molecule has 6 heteroatoms. The summed E-state index contributed by atoms with van der Waals surface area (Å²) in [6.45, 7) is 2.67. The van der Waals surface area contributed by atoms with Gasteiger partial charge in [-0.1, -0.05) is 23.7 Å². The van der Waals surface area contributed by atoms with Gasteiger partial charge in [-0.05, 0) is 29.8 Å². The Morgan fingerprint density at radius 3 is 2.79 bits per heavy atom. The number of pyridine rings is 1. The molecular formula is C18H19ClN4O. The molecule has 0 unspecified atom stereocenters. The lowest BCUT2D eigenvalue weighted by Crippen LogP contribution is -2.21. The number of rotatable bonds is 4. The van der Waals surface area contributed by atoms with Gasteiger partial charge in [0.15, 0.2) is 5.65 Å². The van der Waals surface area contributed by atoms with Crippen molar-refractivity contribution < 1.29 is 5.11 Å². The number of aromatic nitrogens is 3. The monoisotopic (exact) mass is 342 g/mol. The first kappa shape index (κ1) is 15.6. The Hall–Kier alpha value is -1.95. The molecule has 3 aromatic rings. The standard InChI is InChI=1S/C18H19ClN4O/c19-14-5-3-12(4-6-14)15-9-23(8-13(15)11-24)10-17-21-16-2-1-7-20-18(16)22-17/h1-7,13,15,24H,8-11H2,(H,20,21,22)/t13-,15-/m0/s1. The van der Waals surface area contributed by atoms with Crippen LogP contribution < -0.4 is 0 Å². The topological polar surface area (TPSA) is 65.0 Å². The number of fused-ring (bicyclic) bond motifs is 1. The first-order chi connectivity index (χ1) is 11.7. The van der Waals surface area contributed by atoms with Crippen molar-refractivity contribution in [2.45, 2.75) is 12.5 Å². The minimum Gasteiger partial charge on any atom is -0.396 e. The molecule has 1 aliphatic heterocycles. The zero-order valence-electron chi connectivity index (χ0n) is 13.2. The third-order valence-corrected chi connectivity index (χ3v) is 4.98. The number of halogens is 1. The number of aliphatic hydroxyl groups is 1. The zero-order valence-corrected chi connectivity index (χ0v) is 13.9. The van der Waals surface area contributed by atoms with Gasteiger partial charge in [-0.2, -0.15) is 0 Å². The molecule has 2 atom stereocenters. The molecule has 2 aromatic heterocycles. The van der Waals surface area contributed by atoms with Crippen LogP contribution in [-0.4, -0.2) is 44.7 Å². The molecular weight excluding hydrogens is 324 g/mol. The lowest BCUT2D eigenvalue weighted by Gasteiger charge is -2.16. The van der Waals surface area contributed by atoms with Crippen LogP contribution >= 0.6 is 11.6 Å². The van der Waals surface area contributed by atoms with E-state index < -0.39 is 0 Å². The predicted octanol–water partition coefficient (Wildman–Crippen LogP) is 2.82. The van der Waals surface area contributed by atoms with Crippen LogP contribution in [0.5, 0.6) is 0 Å². The fourth-order valence-corrected chi connectivity index (χ4v) is 3.67. The molecule has 24 heavy (non-hydrogen) atoms. The smallest absolute Gasteiger partial charge is 0.177 e. The summed E-state index contributed by atoms with van der Waals surface area (Å²) in [5.41, 5.74) is 2.94. The van der Waals surface area contributed by atoms with E-state index in [9.17, 15) is 5.11 Å². The third kappa shape index (κ3) is 3.02. The van der Waals surface area contributed by atoms with Crippen molar-refractivity contribution in [2.24, 2.45) is 5.92 Å². The van der Waals surface area contributed by atoms with Gasteiger partial charge in [-0.15, -0.1) is 0 Å². The average molecular weight is 343 g/mol. The molecule has 1 aromatic carbocycles. The van der Waals surface area contributed by atoms with Crippen molar-refractivity contribution in [3.8, 4) is 0 Å². The molecule has 0 saturated carbocycles. The highest BCUT2D eigenvalue weighted by molar-refractivity contribution is 6.30. The molecule has 1 fully saturated rings. The molecule has 0 radical (unpaired) electrons. The summed E-state index contributed by atoms with van der Waals surface area (Å²) in [5.74, 6) is 1.46. The van der Waals surface area contributed by atoms with E-state index in [4.69, 9.17) is 11.6 Å². The van der Waals surface area contributed by atoms with Crippen LogP contribution in [0.15, 0.2) is 42.6 Å². The molecule has 4 rings (SSSR count). The fourth-order valence-electron chi connectivity index (χ4n) is 3.54. The molecule has 0 spiro atoms. The predicted molar refractivity (Wildman–Crippen MR) is 93.9 cm³/mol. The third-order valence-electron chi connectivity index (χ3n) is 4.73. The van der Waals surface area contributed by atoms with Crippen molar-refractivity contribution in [2.75, 3.05) is 19.7 Å². The normalized spacial score (nSPS) is 21.6. The molecule has 3 heterocycles. The number of H-pyrrole nitrogens is 1. The highest BCUT2D eigenvalue weighted by atomic mass is 35.5. The number of aliphatic hydroxyl groups excluding tert-OH is 1. The van der Waals surface area contributed by atoms with Gasteiger partial charge in [-0.25, -0.2) is 9.97 Å². The molecule has 0 bridgehead atoms. The van der Waals surface area contributed by atoms with Gasteiger partial charge in [0.05, 0.1) is 12.1 Å². The van der Waals surface area contributed by atoms with Crippen molar-refractivity contribution in [1.29, 1.82) is 0 Å². The summed E-state index contributed by atoms with van der Waals surface area (Å²) in [5, 5.41) is 10.5. The Balaban J connectivity index is 1.51. The number of benzene rings is 1. The number of imidazole rings is 1. The molecule has 2 N–H and O–H groups in total. The lowest BCUT2D eigenvalue weighted by molar-refractivity contribution is 0.213. The van der Waals surface area contributed by atoms with E-state index in [1.54, 1.807) is 6.20 Å². The largest absolute Gasteiger partial charge is 0.396 e. The molecule has 124 valence electrons. The number of likely N-dealkylation sites (tertiary alicyclic amines) is 1. The molecule has 1 saturated heterocycles. The summed E-state index contributed by atoms with van der Waals surface area (Å²) in [7, 11) is 0. The van der Waals surface area contributed by atoms with Crippen LogP contribution in [0.25, 0.3) is 11.2 Å². The maximum absolute atomic E-state index is 9.76. The van der Waals surface area contributed by atoms with E-state index in [0.29, 0.717) is 5.92 Å². The minimum atomic E-state index is 0.186. The highest BCUT2D eigenvalue weighted by Crippen LogP contribution is 2.33. The van der Waals surface area contributed by atoms with Gasteiger partial charge in [0.25, 0.3) is 0 Å². The van der Waals surface area contributed by atoms with Crippen molar-refractivity contribution in [3.05, 3.63) is 59.0 Å². The Morgan fingerprint density at radius 1 is 1.21 bits per heavy atom. The Bertz CT molecular complexity index is 799. The van der Waals surface area contributed by atoms with Gasteiger partial charge in [0.1, 0.15) is 5.82 Å². The van der Waals surface area contributed by atoms with Crippen LogP contribution in [0.3, 0.4) is 0 Å². The first-order valence-electron chi connectivity index (χ1n) is 8.11. The second-order valence-electron chi connectivity index (χ2n) is 6.35. The number of aromatic amines is 1. The van der Waals surface area contributed by atoms with Crippen molar-refractivity contribution in [3.63, 3.8) is 0 Å². The molecule has 1 aliphatic rings. The van der Waals surface area contributed by atoms with Gasteiger partial charge < -0.3 is 10.1 Å². The van der Waals surface area contributed by atoms with E-state index >= 15 is 0 Å². The first-order valence-corrected chi connectivity index (χ1v) is 8.49. The highest BCUT2D eigenvalue weighted by Gasteiger charge is 2.33. The Kier molecular flexibility index (Phi) is 4.22. The van der Waals surface area contributed by atoms with Crippen LogP contribution in [0.4, 0.5) is 0 Å². The van der Waals surface area contributed by atoms with Crippen LogP contribution in [-0.2, 0) is 6.54 Å². The number of nitrogens with one attached hydrogen (secondary N) is 1. The van der Waals surface area contributed by atoms with Crippen molar-refractivity contribution in [1.82, 2.24) is 19.9 Å². The fraction of sp³-hybridized carbons (Fsp3) is 0.333. The Labute approximate surface area is 145 Å². The Morgan fingerprint density at radius 2 is 2.04 bits per heavy atom. The van der Waals surface area contributed by atoms with Gasteiger partial charge in [-0.3, -0.25) is 4.90 Å². The minimum absolute atomic E-state index is 0.186. The van der Waals surface area contributed by atoms with E-state index in [1.165, 1.54) is 5.56 Å². The van der Waals surface area contributed by atoms with Crippen LogP contribution in [0, 0.1) is 5.92 Å². The lowest BCUT2D eigenvalue weighted by atomic mass is 9.90. The van der Waals surface area contributed by atoms with E-state index in [1.807, 2.05) is 24.3 Å². The van der Waals surface area contributed by atoms with Gasteiger partial charge in [0, 0.05) is 42.8 Å². The zero-order chi connectivity index (χ0) is 16.5. The summed E-state index contributed by atoms with van der Waals surface area (Å²) in [6.07, 6.45) is 1.75. The number of hydrogen-bond acceptors (Lipinski definition) is 4. The van der Waals surface area contributed by atoms with E-state index in [2.05, 4.69) is 32.0 Å². The van der Waals surface area contributed by atoms with Crippen LogP contribution in [0.2, 0.25) is 5.02 Å². The average Bonchev–Trinajstić information content (AvgIpc) is 3.19. The summed E-state index contributed by atoms with van der Waals surface area (Å²) < 4.78 is 0. The molecule has 5 nitrogen and oxygen atoms in total. The SMILES string of the molecule is OC[C@@H]1CN(Cc2nc3ncccc3[nH]2)C[C@H]1c1ccc(Cl)cc1. The molecule has 0 aliphatic carbocycles. The summed E-state index contributed by atoms with van der Waals surface area (Å²) >= 11 is 5.99. The maximum atomic E-state index is 9.76. The second kappa shape index (κ2) is 6.51. The van der Waals surface area contributed by atoms with Crippen molar-refractivity contribution >= 4 is 22.8 Å². The van der Waals surface area contributed by atoms with E-state index in [0.717, 1.165) is 41.6 Å². The number of hydrogen-bond donors (Lipinski definition) is 2. The summed E-state index contributed by atoms with van der Waals surface area (Å²) in [4.78, 5) is 14.5. The molecule has 0 amide bonds. The maximum Gasteiger partial charge on any atom is 0.177 e. The van der Waals surface area contributed by atoms with E-state index in [-0.39, 0.29) is 12.5 Å². The quantitative estimate of drug-likeness (QED) is 0.765. The second-order valence-corrected chi connectivity index (χ2v) is 6.79. The van der Waals surface area contributed by atoms with Gasteiger partial charge >= 0.3 is 0 Å². The van der Waals surface area contributed by atoms with Crippen LogP contribution in [0.1, 0.15) is 17.3 Å². The number of nitrogens with zero attached hydrogens (tertiary/aromatic N) is 3.